The summed E-state index contributed by atoms with van der Waals surface area (Å²) in [5.74, 6) is 0.444. The number of ether oxygens (including phenoxy) is 2. The number of nitrogens with zero attached hydrogens (tertiary/aromatic N) is 3. The van der Waals surface area contributed by atoms with E-state index in [1.54, 1.807) is 34.7 Å². The van der Waals surface area contributed by atoms with E-state index in [0.29, 0.717) is 23.4 Å². The Morgan fingerprint density at radius 1 is 1.43 bits per heavy atom. The number of rotatable bonds is 4. The first-order chi connectivity index (χ1) is 9.62. The molecule has 1 aromatic rings. The van der Waals surface area contributed by atoms with Gasteiger partial charge < -0.3 is 14.3 Å². The van der Waals surface area contributed by atoms with Crippen LogP contribution in [0.25, 0.3) is 0 Å². The van der Waals surface area contributed by atoms with Crippen molar-refractivity contribution in [1.82, 2.24) is 14.7 Å². The highest BCUT2D eigenvalue weighted by Gasteiger charge is 2.31. The van der Waals surface area contributed by atoms with Crippen molar-refractivity contribution in [2.75, 3.05) is 14.2 Å². The summed E-state index contributed by atoms with van der Waals surface area (Å²) in [7, 11) is 4.72. The van der Waals surface area contributed by atoms with Gasteiger partial charge in [-0.25, -0.2) is 9.48 Å². The quantitative estimate of drug-likeness (QED) is 0.793. The maximum Gasteiger partial charge on any atom is 0.410 e. The maximum atomic E-state index is 12.1. The Hall–Kier alpha value is -2.05. The minimum atomic E-state index is -0.816. The van der Waals surface area contributed by atoms with Gasteiger partial charge in [-0.15, -0.1) is 0 Å². The molecule has 7 heteroatoms. The second kappa shape index (κ2) is 6.15. The van der Waals surface area contributed by atoms with Gasteiger partial charge in [-0.2, -0.15) is 5.10 Å². The van der Waals surface area contributed by atoms with E-state index >= 15 is 0 Å². The van der Waals surface area contributed by atoms with Crippen LogP contribution in [0.2, 0.25) is 0 Å². The van der Waals surface area contributed by atoms with Gasteiger partial charge in [-0.1, -0.05) is 0 Å². The molecule has 7 nitrogen and oxygen atoms in total. The number of methoxy groups -OCH3 is 1. The lowest BCUT2D eigenvalue weighted by Gasteiger charge is -2.28. The van der Waals surface area contributed by atoms with Gasteiger partial charge in [0.1, 0.15) is 17.9 Å². The molecule has 1 heterocycles. The van der Waals surface area contributed by atoms with Crippen molar-refractivity contribution in [2.45, 2.75) is 39.3 Å². The van der Waals surface area contributed by atoms with Crippen LogP contribution in [-0.4, -0.2) is 46.8 Å². The van der Waals surface area contributed by atoms with E-state index in [-0.39, 0.29) is 0 Å². The lowest BCUT2D eigenvalue weighted by molar-refractivity contribution is -0.112. The number of hydrogen-bond acceptors (Lipinski definition) is 5. The fourth-order valence-corrected chi connectivity index (χ4v) is 2.04. The zero-order chi connectivity index (χ0) is 16.4. The molecule has 0 bridgehead atoms. The molecule has 0 aliphatic heterocycles. The van der Waals surface area contributed by atoms with Crippen molar-refractivity contribution in [3.05, 3.63) is 11.3 Å². The number of amides is 1. The molecule has 0 radical (unpaired) electrons. The standard InChI is InChI=1S/C14H23N3O4/c1-9-11(12(20-7)17(6)15-9)10(8-18)16(5)13(19)21-14(2,3)4/h8,10H,1-7H3. The Bertz CT molecular complexity index is 531. The van der Waals surface area contributed by atoms with Crippen LogP contribution in [0, 0.1) is 6.92 Å². The average molecular weight is 297 g/mol. The Labute approximate surface area is 124 Å². The van der Waals surface area contributed by atoms with Crippen molar-refractivity contribution in [3.63, 3.8) is 0 Å². The van der Waals surface area contributed by atoms with Crippen LogP contribution in [0.1, 0.15) is 38.1 Å². The van der Waals surface area contributed by atoms with Gasteiger partial charge >= 0.3 is 6.09 Å². The van der Waals surface area contributed by atoms with E-state index in [9.17, 15) is 9.59 Å². The third-order valence-corrected chi connectivity index (χ3v) is 2.93. The predicted molar refractivity (Wildman–Crippen MR) is 77.3 cm³/mol. The van der Waals surface area contributed by atoms with E-state index in [4.69, 9.17) is 9.47 Å². The summed E-state index contributed by atoms with van der Waals surface area (Å²) < 4.78 is 12.1. The smallest absolute Gasteiger partial charge is 0.410 e. The Kier molecular flexibility index (Phi) is 4.98. The van der Waals surface area contributed by atoms with Crippen molar-refractivity contribution < 1.29 is 19.1 Å². The van der Waals surface area contributed by atoms with Gasteiger partial charge in [0, 0.05) is 14.1 Å². The first-order valence-electron chi connectivity index (χ1n) is 6.61. The molecular weight excluding hydrogens is 274 g/mol. The highest BCUT2D eigenvalue weighted by Crippen LogP contribution is 2.30. The third-order valence-electron chi connectivity index (χ3n) is 2.93. The molecule has 0 spiro atoms. The summed E-state index contributed by atoms with van der Waals surface area (Å²) in [5.41, 5.74) is 0.553. The van der Waals surface area contributed by atoms with Crippen molar-refractivity contribution >= 4 is 12.4 Å². The van der Waals surface area contributed by atoms with Crippen LogP contribution in [-0.2, 0) is 16.6 Å². The molecular formula is C14H23N3O4. The SMILES string of the molecule is COc1c(C(C=O)N(C)C(=O)OC(C)(C)C)c(C)nn1C. The van der Waals surface area contributed by atoms with E-state index < -0.39 is 17.7 Å². The largest absolute Gasteiger partial charge is 0.481 e. The molecule has 1 rings (SSSR count). The van der Waals surface area contributed by atoms with Crippen LogP contribution in [0.3, 0.4) is 0 Å². The van der Waals surface area contributed by atoms with Crippen molar-refractivity contribution in [3.8, 4) is 5.88 Å². The van der Waals surface area contributed by atoms with E-state index in [0.717, 1.165) is 0 Å². The van der Waals surface area contributed by atoms with Gasteiger partial charge in [0.15, 0.2) is 0 Å². The highest BCUT2D eigenvalue weighted by atomic mass is 16.6. The fraction of sp³-hybridized carbons (Fsp3) is 0.643. The lowest BCUT2D eigenvalue weighted by atomic mass is 10.1. The van der Waals surface area contributed by atoms with E-state index in [2.05, 4.69) is 5.10 Å². The number of aryl methyl sites for hydroxylation is 2. The van der Waals surface area contributed by atoms with Gasteiger partial charge in [0.05, 0.1) is 18.4 Å². The van der Waals surface area contributed by atoms with Crippen molar-refractivity contribution in [2.24, 2.45) is 7.05 Å². The summed E-state index contributed by atoms with van der Waals surface area (Å²) in [6.07, 6.45) is 0.0982. The zero-order valence-electron chi connectivity index (χ0n) is 13.6. The molecule has 1 amide bonds. The Morgan fingerprint density at radius 3 is 2.43 bits per heavy atom. The van der Waals surface area contributed by atoms with Crippen LogP contribution in [0.5, 0.6) is 5.88 Å². The fourth-order valence-electron chi connectivity index (χ4n) is 2.04. The number of carbonyl (C=O) groups excluding carboxylic acids is 2. The van der Waals surface area contributed by atoms with E-state index in [1.807, 2.05) is 0 Å². The number of carbonyl (C=O) groups is 2. The molecule has 118 valence electrons. The molecule has 0 saturated carbocycles. The Balaban J connectivity index is 3.14. The van der Waals surface area contributed by atoms with Gasteiger partial charge in [0.25, 0.3) is 0 Å². The first-order valence-corrected chi connectivity index (χ1v) is 6.61. The molecule has 0 saturated heterocycles. The van der Waals surface area contributed by atoms with Crippen molar-refractivity contribution in [1.29, 1.82) is 0 Å². The molecule has 1 unspecified atom stereocenters. The van der Waals surface area contributed by atoms with Crippen LogP contribution in [0.15, 0.2) is 0 Å². The second-order valence-corrected chi connectivity index (χ2v) is 5.80. The number of likely N-dealkylation sites (N-methyl/N-ethyl adjacent to an activating group) is 1. The lowest BCUT2D eigenvalue weighted by Crippen LogP contribution is -2.37. The number of aldehydes is 1. The highest BCUT2D eigenvalue weighted by molar-refractivity contribution is 5.75. The number of aromatic nitrogens is 2. The summed E-state index contributed by atoms with van der Waals surface area (Å²) in [6, 6.07) is -0.816. The molecule has 0 aliphatic carbocycles. The van der Waals surface area contributed by atoms with Gasteiger partial charge in [0.2, 0.25) is 5.88 Å². The second-order valence-electron chi connectivity index (χ2n) is 5.80. The molecule has 1 atom stereocenters. The van der Waals surface area contributed by atoms with Crippen LogP contribution in [0.4, 0.5) is 4.79 Å². The molecule has 1 aromatic heterocycles. The first kappa shape index (κ1) is 17.0. The van der Waals surface area contributed by atoms with Crippen LogP contribution < -0.4 is 4.74 Å². The van der Waals surface area contributed by atoms with E-state index in [1.165, 1.54) is 23.7 Å². The molecule has 0 N–H and O–H groups in total. The van der Waals surface area contributed by atoms with Crippen LogP contribution >= 0.6 is 0 Å². The molecule has 0 fully saturated rings. The summed E-state index contributed by atoms with van der Waals surface area (Å²) in [6.45, 7) is 7.07. The van der Waals surface area contributed by atoms with Gasteiger partial charge in [-0.3, -0.25) is 4.90 Å². The summed E-state index contributed by atoms with van der Waals surface area (Å²) in [4.78, 5) is 24.9. The maximum absolute atomic E-state index is 12.1. The summed E-state index contributed by atoms with van der Waals surface area (Å²) in [5, 5.41) is 4.22. The number of hydrogen-bond donors (Lipinski definition) is 0. The monoisotopic (exact) mass is 297 g/mol. The zero-order valence-corrected chi connectivity index (χ0v) is 13.6. The molecule has 0 aromatic carbocycles. The normalized spacial score (nSPS) is 12.7. The minimum Gasteiger partial charge on any atom is -0.481 e. The van der Waals surface area contributed by atoms with Gasteiger partial charge in [-0.05, 0) is 27.7 Å². The predicted octanol–water partition coefficient (Wildman–Crippen LogP) is 1.84. The Morgan fingerprint density at radius 2 is 2.00 bits per heavy atom. The summed E-state index contributed by atoms with van der Waals surface area (Å²) >= 11 is 0. The minimum absolute atomic E-state index is 0.444. The third kappa shape index (κ3) is 3.74. The molecule has 21 heavy (non-hydrogen) atoms. The average Bonchev–Trinajstić information content (AvgIpc) is 2.63. The molecule has 0 aliphatic rings. The topological polar surface area (TPSA) is 73.7 Å².